The van der Waals surface area contributed by atoms with Crippen molar-refractivity contribution in [3.8, 4) is 0 Å². The van der Waals surface area contributed by atoms with Crippen molar-refractivity contribution in [1.29, 1.82) is 0 Å². The molecule has 0 atom stereocenters. The second-order valence-corrected chi connectivity index (χ2v) is 4.69. The van der Waals surface area contributed by atoms with E-state index in [-0.39, 0.29) is 12.4 Å². The molecular formula is C9H6BrFOS. The van der Waals surface area contributed by atoms with E-state index in [1.54, 1.807) is 12.1 Å². The molecule has 0 aliphatic carbocycles. The van der Waals surface area contributed by atoms with Crippen molar-refractivity contribution in [2.45, 2.75) is 6.61 Å². The number of aliphatic hydroxyl groups is 1. The highest BCUT2D eigenvalue weighted by Gasteiger charge is 2.10. The molecule has 1 N–H and O–H groups in total. The van der Waals surface area contributed by atoms with Gasteiger partial charge in [-0.1, -0.05) is 15.9 Å². The van der Waals surface area contributed by atoms with Crippen LogP contribution in [0.3, 0.4) is 0 Å². The number of hydrogen-bond acceptors (Lipinski definition) is 2. The van der Waals surface area contributed by atoms with Gasteiger partial charge in [0, 0.05) is 14.6 Å². The second-order valence-electron chi connectivity index (χ2n) is 2.64. The molecule has 68 valence electrons. The molecule has 4 heteroatoms. The van der Waals surface area contributed by atoms with Gasteiger partial charge in [0.1, 0.15) is 5.82 Å². The zero-order chi connectivity index (χ0) is 9.42. The number of fused-ring (bicyclic) bond motifs is 1. The molecule has 1 aromatic heterocycles. The molecule has 0 amide bonds. The molecule has 0 saturated heterocycles. The minimum absolute atomic E-state index is 0.233. The molecule has 1 nitrogen and oxygen atoms in total. The lowest BCUT2D eigenvalue weighted by atomic mass is 10.2. The third kappa shape index (κ3) is 1.49. The normalized spacial score (nSPS) is 11.0. The molecule has 0 fully saturated rings. The van der Waals surface area contributed by atoms with Gasteiger partial charge in [0.05, 0.1) is 11.5 Å². The summed E-state index contributed by atoms with van der Waals surface area (Å²) < 4.78 is 15.2. The lowest BCUT2D eigenvalue weighted by Crippen LogP contribution is -1.79. The summed E-state index contributed by atoms with van der Waals surface area (Å²) in [6, 6.07) is 5.35. The van der Waals surface area contributed by atoms with Crippen LogP contribution in [0.15, 0.2) is 22.7 Å². The van der Waals surface area contributed by atoms with Crippen molar-refractivity contribution < 1.29 is 9.50 Å². The molecule has 2 aromatic rings. The second kappa shape index (κ2) is 3.36. The molecule has 0 aliphatic heterocycles. The standard InChI is InChI=1S/C9H6BrFOS/c10-5-1-2-6-7(3-5)13-8(4-12)9(6)11/h1-3,12H,4H2. The fourth-order valence-electron chi connectivity index (χ4n) is 1.19. The highest BCUT2D eigenvalue weighted by atomic mass is 79.9. The molecule has 0 unspecified atom stereocenters. The van der Waals surface area contributed by atoms with Crippen molar-refractivity contribution in [2.24, 2.45) is 0 Å². The first-order valence-electron chi connectivity index (χ1n) is 3.69. The van der Waals surface area contributed by atoms with E-state index < -0.39 is 0 Å². The Morgan fingerprint density at radius 3 is 2.92 bits per heavy atom. The van der Waals surface area contributed by atoms with Gasteiger partial charge in [-0.3, -0.25) is 0 Å². The van der Waals surface area contributed by atoms with Crippen molar-refractivity contribution in [3.63, 3.8) is 0 Å². The fraction of sp³-hybridized carbons (Fsp3) is 0.111. The van der Waals surface area contributed by atoms with Crippen LogP contribution in [0.5, 0.6) is 0 Å². The van der Waals surface area contributed by atoms with Crippen molar-refractivity contribution in [3.05, 3.63) is 33.4 Å². The zero-order valence-corrected chi connectivity index (χ0v) is 8.95. The van der Waals surface area contributed by atoms with Crippen LogP contribution in [-0.2, 0) is 6.61 Å². The minimum Gasteiger partial charge on any atom is -0.391 e. The number of thiophene rings is 1. The summed E-state index contributed by atoms with van der Waals surface area (Å²) in [7, 11) is 0. The van der Waals surface area contributed by atoms with Crippen LogP contribution in [0.4, 0.5) is 4.39 Å². The first kappa shape index (κ1) is 9.12. The average Bonchev–Trinajstić information content (AvgIpc) is 2.42. The van der Waals surface area contributed by atoms with E-state index in [9.17, 15) is 4.39 Å². The number of hydrogen-bond donors (Lipinski definition) is 1. The number of rotatable bonds is 1. The molecule has 13 heavy (non-hydrogen) atoms. The SMILES string of the molecule is OCc1sc2cc(Br)ccc2c1F. The largest absolute Gasteiger partial charge is 0.391 e. The van der Waals surface area contributed by atoms with Gasteiger partial charge in [-0.2, -0.15) is 0 Å². The highest BCUT2D eigenvalue weighted by molar-refractivity contribution is 9.10. The Bertz CT molecular complexity index is 452. The zero-order valence-electron chi connectivity index (χ0n) is 6.55. The maximum atomic E-state index is 13.4. The first-order valence-corrected chi connectivity index (χ1v) is 5.30. The molecule has 1 heterocycles. The Morgan fingerprint density at radius 1 is 1.46 bits per heavy atom. The maximum Gasteiger partial charge on any atom is 0.147 e. The van der Waals surface area contributed by atoms with Crippen LogP contribution in [0.1, 0.15) is 4.88 Å². The third-order valence-corrected chi connectivity index (χ3v) is 3.41. The summed E-state index contributed by atoms with van der Waals surface area (Å²) in [6.07, 6.45) is 0. The summed E-state index contributed by atoms with van der Waals surface area (Å²) in [6.45, 7) is -0.233. The lowest BCUT2D eigenvalue weighted by molar-refractivity contribution is 0.280. The molecule has 0 bridgehead atoms. The van der Waals surface area contributed by atoms with Crippen LogP contribution >= 0.6 is 27.3 Å². The van der Waals surface area contributed by atoms with E-state index in [4.69, 9.17) is 5.11 Å². The summed E-state index contributed by atoms with van der Waals surface area (Å²) in [5, 5.41) is 9.43. The van der Waals surface area contributed by atoms with Gasteiger partial charge in [-0.05, 0) is 18.2 Å². The van der Waals surface area contributed by atoms with E-state index in [0.29, 0.717) is 10.3 Å². The molecule has 2 rings (SSSR count). The van der Waals surface area contributed by atoms with Crippen LogP contribution in [0.2, 0.25) is 0 Å². The molecule has 0 spiro atoms. The molecule has 0 saturated carbocycles. The Hall–Kier alpha value is -0.450. The maximum absolute atomic E-state index is 13.4. The number of halogens is 2. The first-order chi connectivity index (χ1) is 6.22. The van der Waals surface area contributed by atoms with Gasteiger partial charge in [0.15, 0.2) is 0 Å². The summed E-state index contributed by atoms with van der Waals surface area (Å²) in [5.41, 5.74) is 0. The van der Waals surface area contributed by atoms with Crippen LogP contribution < -0.4 is 0 Å². The quantitative estimate of drug-likeness (QED) is 0.835. The topological polar surface area (TPSA) is 20.2 Å². The van der Waals surface area contributed by atoms with Gasteiger partial charge >= 0.3 is 0 Å². The van der Waals surface area contributed by atoms with Gasteiger partial charge in [0.25, 0.3) is 0 Å². The van der Waals surface area contributed by atoms with Crippen LogP contribution in [0.25, 0.3) is 10.1 Å². The molecule has 1 aromatic carbocycles. The predicted molar refractivity (Wildman–Crippen MR) is 55.4 cm³/mol. The lowest BCUT2D eigenvalue weighted by Gasteiger charge is -1.90. The monoisotopic (exact) mass is 260 g/mol. The molecular weight excluding hydrogens is 255 g/mol. The van der Waals surface area contributed by atoms with Crippen molar-refractivity contribution in [1.82, 2.24) is 0 Å². The third-order valence-electron chi connectivity index (χ3n) is 1.80. The van der Waals surface area contributed by atoms with Gasteiger partial charge in [-0.15, -0.1) is 11.3 Å². The minimum atomic E-state index is -0.296. The van der Waals surface area contributed by atoms with Gasteiger partial charge in [-0.25, -0.2) is 4.39 Å². The smallest absolute Gasteiger partial charge is 0.147 e. The number of aliphatic hydroxyl groups excluding tert-OH is 1. The van der Waals surface area contributed by atoms with Crippen LogP contribution in [0, 0.1) is 5.82 Å². The Morgan fingerprint density at radius 2 is 2.23 bits per heavy atom. The molecule has 0 aliphatic rings. The average molecular weight is 261 g/mol. The van der Waals surface area contributed by atoms with Gasteiger partial charge in [0.2, 0.25) is 0 Å². The van der Waals surface area contributed by atoms with E-state index in [1.807, 2.05) is 6.07 Å². The Labute approximate surface area is 86.9 Å². The van der Waals surface area contributed by atoms with Crippen molar-refractivity contribution in [2.75, 3.05) is 0 Å². The Kier molecular flexibility index (Phi) is 2.36. The molecule has 0 radical (unpaired) electrons. The van der Waals surface area contributed by atoms with Gasteiger partial charge < -0.3 is 5.11 Å². The van der Waals surface area contributed by atoms with E-state index >= 15 is 0 Å². The summed E-state index contributed by atoms with van der Waals surface area (Å²) in [4.78, 5) is 0.396. The van der Waals surface area contributed by atoms with E-state index in [0.717, 1.165) is 9.17 Å². The summed E-state index contributed by atoms with van der Waals surface area (Å²) in [5.74, 6) is -0.296. The van der Waals surface area contributed by atoms with Crippen LogP contribution in [-0.4, -0.2) is 5.11 Å². The highest BCUT2D eigenvalue weighted by Crippen LogP contribution is 2.31. The van der Waals surface area contributed by atoms with E-state index in [2.05, 4.69) is 15.9 Å². The summed E-state index contributed by atoms with van der Waals surface area (Å²) >= 11 is 4.59. The fourth-order valence-corrected chi connectivity index (χ4v) is 2.69. The predicted octanol–water partition coefficient (Wildman–Crippen LogP) is 3.30. The Balaban J connectivity index is 2.76. The van der Waals surface area contributed by atoms with E-state index in [1.165, 1.54) is 11.3 Å². The van der Waals surface area contributed by atoms with Crippen molar-refractivity contribution >= 4 is 37.4 Å². The number of benzene rings is 1.